The Balaban J connectivity index is 2.19. The molecule has 1 fully saturated rings. The van der Waals surface area contributed by atoms with Crippen LogP contribution in [-0.2, 0) is 24.8 Å². The maximum absolute atomic E-state index is 11.3. The number of thioether (sulfide) groups is 1. The summed E-state index contributed by atoms with van der Waals surface area (Å²) in [6.07, 6.45) is 0.868. The van der Waals surface area contributed by atoms with E-state index >= 15 is 0 Å². The highest BCUT2D eigenvalue weighted by Gasteiger charge is 2.30. The van der Waals surface area contributed by atoms with Crippen LogP contribution in [0.15, 0.2) is 4.47 Å². The molecule has 7 heteroatoms. The first-order valence-electron chi connectivity index (χ1n) is 6.29. The molecule has 1 aromatic heterocycles. The van der Waals surface area contributed by atoms with Gasteiger partial charge < -0.3 is 5.11 Å². The molecule has 2 rings (SSSR count). The predicted octanol–water partition coefficient (Wildman–Crippen LogP) is 1.75. The smallest absolute Gasteiger partial charge is 0.321 e. The number of carboxylic acid groups (broad SMARTS) is 1. The third kappa shape index (κ3) is 3.14. The van der Waals surface area contributed by atoms with Gasteiger partial charge in [0, 0.05) is 31.6 Å². The number of aliphatic carboxylic acids is 1. The van der Waals surface area contributed by atoms with Crippen LogP contribution in [0.1, 0.15) is 18.3 Å². The average molecular weight is 348 g/mol. The molecule has 1 unspecified atom stereocenters. The molecular formula is C12H18BrN3O2S. The molecule has 0 amide bonds. The minimum atomic E-state index is -0.735. The van der Waals surface area contributed by atoms with Crippen molar-refractivity contribution in [3.63, 3.8) is 0 Å². The van der Waals surface area contributed by atoms with Crippen molar-refractivity contribution in [2.75, 3.05) is 18.1 Å². The van der Waals surface area contributed by atoms with Crippen LogP contribution in [0, 0.1) is 0 Å². The topological polar surface area (TPSA) is 58.4 Å². The highest BCUT2D eigenvalue weighted by Crippen LogP contribution is 2.25. The third-order valence-electron chi connectivity index (χ3n) is 3.38. The van der Waals surface area contributed by atoms with Gasteiger partial charge in [0.05, 0.1) is 15.9 Å². The van der Waals surface area contributed by atoms with E-state index in [1.54, 1.807) is 11.8 Å². The van der Waals surface area contributed by atoms with Gasteiger partial charge in [0.25, 0.3) is 0 Å². The third-order valence-corrected chi connectivity index (χ3v) is 5.32. The van der Waals surface area contributed by atoms with Crippen LogP contribution < -0.4 is 0 Å². The Kier molecular flexibility index (Phi) is 4.92. The molecule has 1 N–H and O–H groups in total. The fourth-order valence-electron chi connectivity index (χ4n) is 2.24. The van der Waals surface area contributed by atoms with Crippen LogP contribution in [0.25, 0.3) is 0 Å². The molecule has 0 bridgehead atoms. The lowest BCUT2D eigenvalue weighted by Crippen LogP contribution is -2.46. The summed E-state index contributed by atoms with van der Waals surface area (Å²) < 4.78 is 2.86. The van der Waals surface area contributed by atoms with E-state index in [0.717, 1.165) is 34.6 Å². The van der Waals surface area contributed by atoms with Gasteiger partial charge in [-0.3, -0.25) is 14.4 Å². The Labute approximate surface area is 125 Å². The summed E-state index contributed by atoms with van der Waals surface area (Å²) in [5.41, 5.74) is 2.07. The van der Waals surface area contributed by atoms with Gasteiger partial charge in [-0.15, -0.1) is 0 Å². The molecule has 0 spiro atoms. The van der Waals surface area contributed by atoms with Crippen molar-refractivity contribution in [2.45, 2.75) is 25.9 Å². The largest absolute Gasteiger partial charge is 0.480 e. The molecule has 0 radical (unpaired) electrons. The van der Waals surface area contributed by atoms with Crippen LogP contribution in [0.5, 0.6) is 0 Å². The van der Waals surface area contributed by atoms with Crippen molar-refractivity contribution in [3.8, 4) is 0 Å². The molecule has 1 saturated heterocycles. The molecule has 1 aliphatic rings. The molecule has 5 nitrogen and oxygen atoms in total. The molecule has 1 aromatic rings. The summed E-state index contributed by atoms with van der Waals surface area (Å²) in [5, 5.41) is 13.7. The normalized spacial score (nSPS) is 20.7. The van der Waals surface area contributed by atoms with E-state index in [1.165, 1.54) is 0 Å². The Bertz CT molecular complexity index is 478. The summed E-state index contributed by atoms with van der Waals surface area (Å²) >= 11 is 5.29. The van der Waals surface area contributed by atoms with Gasteiger partial charge in [-0.05, 0) is 22.4 Å². The molecule has 0 aromatic carbocycles. The second-order valence-electron chi connectivity index (χ2n) is 4.58. The zero-order valence-corrected chi connectivity index (χ0v) is 13.5. The lowest BCUT2D eigenvalue weighted by atomic mass is 10.2. The van der Waals surface area contributed by atoms with E-state index in [0.29, 0.717) is 12.3 Å². The van der Waals surface area contributed by atoms with Gasteiger partial charge in [-0.1, -0.05) is 6.92 Å². The SMILES string of the molecule is CCc1nn(C)c(CN2CCSCC2C(=O)O)c1Br. The van der Waals surface area contributed by atoms with E-state index in [4.69, 9.17) is 0 Å². The Morgan fingerprint density at radius 3 is 2.95 bits per heavy atom. The molecule has 1 aliphatic heterocycles. The molecule has 2 heterocycles. The van der Waals surface area contributed by atoms with Gasteiger partial charge >= 0.3 is 5.97 Å². The van der Waals surface area contributed by atoms with Crippen LogP contribution in [0.4, 0.5) is 0 Å². The summed E-state index contributed by atoms with van der Waals surface area (Å²) in [7, 11) is 1.91. The van der Waals surface area contributed by atoms with Crippen molar-refractivity contribution < 1.29 is 9.90 Å². The molecule has 0 aliphatic carbocycles. The van der Waals surface area contributed by atoms with Crippen LogP contribution in [0.3, 0.4) is 0 Å². The number of carboxylic acids is 1. The molecule has 106 valence electrons. The lowest BCUT2D eigenvalue weighted by molar-refractivity contribution is -0.142. The number of rotatable bonds is 4. The number of aryl methyl sites for hydroxylation is 2. The first-order chi connectivity index (χ1) is 9.04. The van der Waals surface area contributed by atoms with Crippen LogP contribution >= 0.6 is 27.7 Å². The number of hydrogen-bond acceptors (Lipinski definition) is 4. The fraction of sp³-hybridized carbons (Fsp3) is 0.667. The van der Waals surface area contributed by atoms with E-state index in [9.17, 15) is 9.90 Å². The zero-order chi connectivity index (χ0) is 14.0. The predicted molar refractivity (Wildman–Crippen MR) is 79.4 cm³/mol. The molecule has 19 heavy (non-hydrogen) atoms. The quantitative estimate of drug-likeness (QED) is 0.898. The van der Waals surface area contributed by atoms with Crippen LogP contribution in [-0.4, -0.2) is 49.8 Å². The van der Waals surface area contributed by atoms with Gasteiger partial charge in [-0.25, -0.2) is 0 Å². The number of nitrogens with zero attached hydrogens (tertiary/aromatic N) is 3. The zero-order valence-electron chi connectivity index (χ0n) is 11.1. The molecule has 0 saturated carbocycles. The summed E-state index contributed by atoms with van der Waals surface area (Å²) in [4.78, 5) is 13.3. The van der Waals surface area contributed by atoms with Gasteiger partial charge in [-0.2, -0.15) is 16.9 Å². The fourth-order valence-corrected chi connectivity index (χ4v) is 4.09. The average Bonchev–Trinajstić information content (AvgIpc) is 2.66. The van der Waals surface area contributed by atoms with E-state index in [-0.39, 0.29) is 0 Å². The Hall–Kier alpha value is -0.530. The maximum Gasteiger partial charge on any atom is 0.321 e. The number of carbonyl (C=O) groups is 1. The van der Waals surface area contributed by atoms with E-state index < -0.39 is 12.0 Å². The van der Waals surface area contributed by atoms with Crippen molar-refractivity contribution in [2.24, 2.45) is 7.05 Å². The van der Waals surface area contributed by atoms with Gasteiger partial charge in [0.15, 0.2) is 0 Å². The van der Waals surface area contributed by atoms with Crippen molar-refractivity contribution in [1.82, 2.24) is 14.7 Å². The second-order valence-corrected chi connectivity index (χ2v) is 6.53. The first-order valence-corrected chi connectivity index (χ1v) is 8.24. The van der Waals surface area contributed by atoms with Crippen molar-refractivity contribution in [3.05, 3.63) is 15.9 Å². The minimum Gasteiger partial charge on any atom is -0.480 e. The number of hydrogen-bond donors (Lipinski definition) is 1. The second kappa shape index (κ2) is 6.28. The van der Waals surface area contributed by atoms with E-state index in [1.807, 2.05) is 16.6 Å². The standard InChI is InChI=1S/C12H18BrN3O2S/c1-3-8-11(13)9(15(2)14-8)6-16-4-5-19-7-10(16)12(17)18/h10H,3-7H2,1-2H3,(H,17,18). The van der Waals surface area contributed by atoms with Crippen LogP contribution in [0.2, 0.25) is 0 Å². The Morgan fingerprint density at radius 2 is 2.37 bits per heavy atom. The van der Waals surface area contributed by atoms with Crippen molar-refractivity contribution in [1.29, 1.82) is 0 Å². The summed E-state index contributed by atoms with van der Waals surface area (Å²) in [6, 6.07) is -0.398. The maximum atomic E-state index is 11.3. The Morgan fingerprint density at radius 1 is 1.63 bits per heavy atom. The molecule has 1 atom stereocenters. The van der Waals surface area contributed by atoms with Gasteiger partial charge in [0.1, 0.15) is 6.04 Å². The summed E-state index contributed by atoms with van der Waals surface area (Å²) in [5.74, 6) is 0.909. The number of aromatic nitrogens is 2. The molecular weight excluding hydrogens is 330 g/mol. The summed E-state index contributed by atoms with van der Waals surface area (Å²) in [6.45, 7) is 3.50. The monoisotopic (exact) mass is 347 g/mol. The number of halogens is 1. The van der Waals surface area contributed by atoms with E-state index in [2.05, 4.69) is 28.0 Å². The lowest BCUT2D eigenvalue weighted by Gasteiger charge is -2.32. The highest BCUT2D eigenvalue weighted by atomic mass is 79.9. The van der Waals surface area contributed by atoms with Crippen molar-refractivity contribution >= 4 is 33.7 Å². The highest BCUT2D eigenvalue weighted by molar-refractivity contribution is 9.10. The minimum absolute atomic E-state index is 0.398. The first kappa shape index (κ1) is 14.9. The van der Waals surface area contributed by atoms with Gasteiger partial charge in [0.2, 0.25) is 0 Å².